The second-order valence-corrected chi connectivity index (χ2v) is 7.34. The summed E-state index contributed by atoms with van der Waals surface area (Å²) in [5, 5.41) is 5.67. The molecule has 126 valence electrons. The number of carbonyl (C=O) groups excluding carboxylic acids is 1. The molecule has 0 fully saturated rings. The monoisotopic (exact) mass is 369 g/mol. The van der Waals surface area contributed by atoms with Crippen LogP contribution in [0.25, 0.3) is 0 Å². The molecule has 0 bridgehead atoms. The van der Waals surface area contributed by atoms with Gasteiger partial charge in [0.25, 0.3) is 0 Å². The Hall–Kier alpha value is -2.30. The number of benzene rings is 2. The number of para-hydroxylation sites is 1. The lowest BCUT2D eigenvalue weighted by atomic mass is 9.90. The van der Waals surface area contributed by atoms with Crippen LogP contribution in [0.2, 0.25) is 5.02 Å². The van der Waals surface area contributed by atoms with Crippen LogP contribution in [0.3, 0.4) is 0 Å². The predicted octanol–water partition coefficient (Wildman–Crippen LogP) is 5.45. The molecule has 5 heteroatoms. The lowest BCUT2D eigenvalue weighted by Gasteiger charge is -2.24. The third kappa shape index (κ3) is 3.41. The van der Waals surface area contributed by atoms with E-state index in [4.69, 9.17) is 16.3 Å². The van der Waals surface area contributed by atoms with Crippen LogP contribution < -0.4 is 10.1 Å². The molecule has 0 aliphatic carbocycles. The maximum absolute atomic E-state index is 12.1. The molecule has 0 radical (unpaired) electrons. The largest absolute Gasteiger partial charge is 0.489 e. The third-order valence-corrected chi connectivity index (χ3v) is 5.56. The second-order valence-electron chi connectivity index (χ2n) is 5.96. The van der Waals surface area contributed by atoms with Gasteiger partial charge in [-0.15, -0.1) is 11.3 Å². The van der Waals surface area contributed by atoms with E-state index in [9.17, 15) is 4.79 Å². The zero-order chi connectivity index (χ0) is 17.2. The molecule has 0 saturated heterocycles. The molecule has 1 amide bonds. The fraction of sp³-hybridized carbons (Fsp3) is 0.150. The summed E-state index contributed by atoms with van der Waals surface area (Å²) < 4.78 is 6.07. The third-order valence-electron chi connectivity index (χ3n) is 4.28. The van der Waals surface area contributed by atoms with Crippen LogP contribution in [0.5, 0.6) is 5.75 Å². The Morgan fingerprint density at radius 1 is 1.12 bits per heavy atom. The van der Waals surface area contributed by atoms with Gasteiger partial charge in [0, 0.05) is 27.8 Å². The van der Waals surface area contributed by atoms with Gasteiger partial charge in [0.2, 0.25) is 5.91 Å². The first-order valence-corrected chi connectivity index (χ1v) is 9.30. The molecule has 0 saturated carbocycles. The van der Waals surface area contributed by atoms with Gasteiger partial charge >= 0.3 is 0 Å². The normalized spacial score (nSPS) is 16.2. The van der Waals surface area contributed by atoms with Crippen molar-refractivity contribution in [3.63, 3.8) is 0 Å². The minimum Gasteiger partial charge on any atom is -0.489 e. The van der Waals surface area contributed by atoms with Crippen LogP contribution in [0.1, 0.15) is 28.3 Å². The van der Waals surface area contributed by atoms with Crippen molar-refractivity contribution in [1.29, 1.82) is 0 Å². The van der Waals surface area contributed by atoms with E-state index in [1.165, 1.54) is 4.88 Å². The summed E-state index contributed by atoms with van der Waals surface area (Å²) in [5.41, 5.74) is 3.02. The van der Waals surface area contributed by atoms with Gasteiger partial charge in [-0.05, 0) is 35.2 Å². The average molecular weight is 370 g/mol. The number of thiophene rings is 1. The Bertz CT molecular complexity index is 904. The molecule has 1 aromatic heterocycles. The lowest BCUT2D eigenvalue weighted by molar-refractivity contribution is -0.116. The molecule has 0 spiro atoms. The van der Waals surface area contributed by atoms with Crippen LogP contribution in [0.4, 0.5) is 5.69 Å². The fourth-order valence-electron chi connectivity index (χ4n) is 3.07. The van der Waals surface area contributed by atoms with E-state index < -0.39 is 0 Å². The van der Waals surface area contributed by atoms with Crippen molar-refractivity contribution in [2.45, 2.75) is 18.9 Å². The van der Waals surface area contributed by atoms with Crippen molar-refractivity contribution in [2.75, 3.05) is 5.32 Å². The molecular formula is C20H16ClNO2S. The van der Waals surface area contributed by atoms with Crippen LogP contribution in [-0.2, 0) is 11.4 Å². The average Bonchev–Trinajstić information content (AvgIpc) is 3.09. The first-order valence-electron chi connectivity index (χ1n) is 8.04. The quantitative estimate of drug-likeness (QED) is 0.663. The number of rotatable bonds is 4. The number of anilines is 1. The van der Waals surface area contributed by atoms with Gasteiger partial charge in [0.1, 0.15) is 12.4 Å². The predicted molar refractivity (Wildman–Crippen MR) is 102 cm³/mol. The standard InChI is InChI=1S/C20H16ClNO2S/c21-14-7-5-13(6-8-14)12-24-18-4-2-1-3-15(18)16-11-19(23)22-17-9-10-25-20(16)17/h1-10,16H,11-12H2,(H,22,23). The first-order chi connectivity index (χ1) is 12.2. The summed E-state index contributed by atoms with van der Waals surface area (Å²) in [4.78, 5) is 13.3. The Labute approximate surface area is 155 Å². The molecule has 3 nitrogen and oxygen atoms in total. The molecule has 2 heterocycles. The summed E-state index contributed by atoms with van der Waals surface area (Å²) in [5.74, 6) is 0.894. The van der Waals surface area contributed by atoms with Crippen molar-refractivity contribution in [1.82, 2.24) is 0 Å². The van der Waals surface area contributed by atoms with E-state index in [1.807, 2.05) is 60.0 Å². The van der Waals surface area contributed by atoms with Gasteiger partial charge in [-0.25, -0.2) is 0 Å². The molecule has 1 aliphatic heterocycles. The Morgan fingerprint density at radius 2 is 1.92 bits per heavy atom. The van der Waals surface area contributed by atoms with Crippen LogP contribution in [0, 0.1) is 0 Å². The minimum absolute atomic E-state index is 0.0326. The molecule has 1 atom stereocenters. The smallest absolute Gasteiger partial charge is 0.225 e. The molecule has 1 unspecified atom stereocenters. The van der Waals surface area contributed by atoms with E-state index in [2.05, 4.69) is 5.32 Å². The van der Waals surface area contributed by atoms with E-state index in [0.29, 0.717) is 18.1 Å². The number of amides is 1. The Balaban J connectivity index is 1.61. The summed E-state index contributed by atoms with van der Waals surface area (Å²) in [7, 11) is 0. The summed E-state index contributed by atoms with van der Waals surface area (Å²) in [6.07, 6.45) is 0.439. The van der Waals surface area contributed by atoms with Crippen molar-refractivity contribution in [3.05, 3.63) is 81.0 Å². The maximum Gasteiger partial charge on any atom is 0.225 e. The van der Waals surface area contributed by atoms with Crippen LogP contribution in [0.15, 0.2) is 60.0 Å². The van der Waals surface area contributed by atoms with Gasteiger partial charge in [-0.3, -0.25) is 4.79 Å². The van der Waals surface area contributed by atoms with Crippen molar-refractivity contribution < 1.29 is 9.53 Å². The van der Waals surface area contributed by atoms with Gasteiger partial charge < -0.3 is 10.1 Å². The molecule has 2 aromatic carbocycles. The van der Waals surface area contributed by atoms with Gasteiger partial charge in [-0.1, -0.05) is 41.9 Å². The zero-order valence-corrected chi connectivity index (χ0v) is 14.9. The highest BCUT2D eigenvalue weighted by atomic mass is 35.5. The number of fused-ring (bicyclic) bond motifs is 1. The zero-order valence-electron chi connectivity index (χ0n) is 13.4. The van der Waals surface area contributed by atoms with E-state index in [1.54, 1.807) is 11.3 Å². The highest BCUT2D eigenvalue weighted by Crippen LogP contribution is 2.43. The summed E-state index contributed by atoms with van der Waals surface area (Å²) >= 11 is 7.60. The van der Waals surface area contributed by atoms with Crippen molar-refractivity contribution >= 4 is 34.5 Å². The SMILES string of the molecule is O=C1CC(c2ccccc2OCc2ccc(Cl)cc2)c2sccc2N1. The van der Waals surface area contributed by atoms with Gasteiger partial charge in [0.15, 0.2) is 0 Å². The molecule has 25 heavy (non-hydrogen) atoms. The number of carbonyl (C=O) groups is 1. The minimum atomic E-state index is 0.0326. The highest BCUT2D eigenvalue weighted by Gasteiger charge is 2.29. The summed E-state index contributed by atoms with van der Waals surface area (Å²) in [6.45, 7) is 0.463. The lowest BCUT2D eigenvalue weighted by Crippen LogP contribution is -2.22. The van der Waals surface area contributed by atoms with E-state index >= 15 is 0 Å². The second kappa shape index (κ2) is 6.90. The first kappa shape index (κ1) is 16.2. The van der Waals surface area contributed by atoms with Crippen LogP contribution in [-0.4, -0.2) is 5.91 Å². The molecule has 4 rings (SSSR count). The van der Waals surface area contributed by atoms with Gasteiger partial charge in [0.05, 0.1) is 5.69 Å². The molecule has 3 aromatic rings. The Morgan fingerprint density at radius 3 is 2.76 bits per heavy atom. The molecule has 1 N–H and O–H groups in total. The topological polar surface area (TPSA) is 38.3 Å². The number of hydrogen-bond donors (Lipinski definition) is 1. The van der Waals surface area contributed by atoms with Crippen LogP contribution >= 0.6 is 22.9 Å². The Kier molecular flexibility index (Phi) is 4.47. The highest BCUT2D eigenvalue weighted by molar-refractivity contribution is 7.10. The van der Waals surface area contributed by atoms with E-state index in [0.717, 1.165) is 22.6 Å². The molecular weight excluding hydrogens is 354 g/mol. The maximum atomic E-state index is 12.1. The fourth-order valence-corrected chi connectivity index (χ4v) is 4.16. The van der Waals surface area contributed by atoms with E-state index in [-0.39, 0.29) is 11.8 Å². The van der Waals surface area contributed by atoms with Crippen molar-refractivity contribution in [3.8, 4) is 5.75 Å². The number of halogens is 1. The van der Waals surface area contributed by atoms with Gasteiger partial charge in [-0.2, -0.15) is 0 Å². The molecule has 1 aliphatic rings. The van der Waals surface area contributed by atoms with Crippen molar-refractivity contribution in [2.24, 2.45) is 0 Å². The summed E-state index contributed by atoms with van der Waals surface area (Å²) in [6, 6.07) is 17.5. The number of nitrogens with one attached hydrogen (secondary N) is 1. The number of ether oxygens (including phenoxy) is 1. The number of hydrogen-bond acceptors (Lipinski definition) is 3.